The Morgan fingerprint density at radius 3 is 2.50 bits per heavy atom. The maximum absolute atomic E-state index is 5.82. The minimum absolute atomic E-state index is 0.727. The van der Waals surface area contributed by atoms with Crippen LogP contribution in [-0.4, -0.2) is 4.98 Å². The zero-order valence-corrected chi connectivity index (χ0v) is 10.7. The first-order chi connectivity index (χ1) is 7.65. The molecular weight excluding hydrogens is 242 g/mol. The van der Waals surface area contributed by atoms with E-state index in [9.17, 15) is 0 Å². The van der Waals surface area contributed by atoms with Crippen molar-refractivity contribution in [1.82, 2.24) is 4.98 Å². The summed E-state index contributed by atoms with van der Waals surface area (Å²) in [5.41, 5.74) is 2.17. The third-order valence-corrected chi connectivity index (χ3v) is 3.44. The molecule has 4 heteroatoms. The first kappa shape index (κ1) is 11.6. The third-order valence-electron chi connectivity index (χ3n) is 2.28. The first-order valence-electron chi connectivity index (χ1n) is 4.96. The Morgan fingerprint density at radius 1 is 1.25 bits per heavy atom. The smallest absolute Gasteiger partial charge is 0.256 e. The van der Waals surface area contributed by atoms with Gasteiger partial charge in [-0.1, -0.05) is 35.5 Å². The zero-order valence-electron chi connectivity index (χ0n) is 9.16. The van der Waals surface area contributed by atoms with Crippen molar-refractivity contribution in [1.29, 1.82) is 0 Å². The van der Waals surface area contributed by atoms with E-state index in [1.54, 1.807) is 11.8 Å². The van der Waals surface area contributed by atoms with Crippen molar-refractivity contribution in [3.63, 3.8) is 0 Å². The number of nitrogens with zero attached hydrogens (tertiary/aromatic N) is 1. The summed E-state index contributed by atoms with van der Waals surface area (Å²) in [6, 6.07) is 7.81. The summed E-state index contributed by atoms with van der Waals surface area (Å²) in [6.45, 7) is 3.87. The van der Waals surface area contributed by atoms with Gasteiger partial charge in [0.05, 0.1) is 5.69 Å². The summed E-state index contributed by atoms with van der Waals surface area (Å²) in [6.07, 6.45) is 0. The van der Waals surface area contributed by atoms with Crippen molar-refractivity contribution in [3.05, 3.63) is 46.3 Å². The van der Waals surface area contributed by atoms with Crippen LogP contribution in [0.25, 0.3) is 0 Å². The summed E-state index contributed by atoms with van der Waals surface area (Å²) >= 11 is 7.41. The predicted octanol–water partition coefficient (Wildman–Crippen LogP) is 4.24. The van der Waals surface area contributed by atoms with E-state index in [-0.39, 0.29) is 0 Å². The van der Waals surface area contributed by atoms with E-state index in [1.807, 2.05) is 38.1 Å². The first-order valence-corrected chi connectivity index (χ1v) is 6.33. The van der Waals surface area contributed by atoms with Crippen LogP contribution >= 0.6 is 23.4 Å². The molecule has 0 atom stereocenters. The summed E-state index contributed by atoms with van der Waals surface area (Å²) in [5, 5.41) is 1.49. The molecule has 0 aliphatic carbocycles. The van der Waals surface area contributed by atoms with Gasteiger partial charge in [0.25, 0.3) is 5.22 Å². The monoisotopic (exact) mass is 253 g/mol. The summed E-state index contributed by atoms with van der Waals surface area (Å²) in [5.74, 6) is 1.73. The highest BCUT2D eigenvalue weighted by Gasteiger charge is 2.06. The Kier molecular flexibility index (Phi) is 3.56. The molecule has 0 saturated heterocycles. The van der Waals surface area contributed by atoms with Gasteiger partial charge in [-0.05, 0) is 31.5 Å². The van der Waals surface area contributed by atoms with Crippen LogP contribution in [0.5, 0.6) is 0 Å². The Balaban J connectivity index is 1.99. The van der Waals surface area contributed by atoms with Gasteiger partial charge in [-0.2, -0.15) is 0 Å². The molecule has 0 unspecified atom stereocenters. The highest BCUT2D eigenvalue weighted by Crippen LogP contribution is 2.24. The number of thioether (sulfide) groups is 1. The van der Waals surface area contributed by atoms with Crippen molar-refractivity contribution in [2.75, 3.05) is 0 Å². The van der Waals surface area contributed by atoms with Crippen LogP contribution in [0.3, 0.4) is 0 Å². The van der Waals surface area contributed by atoms with Crippen molar-refractivity contribution in [2.45, 2.75) is 24.8 Å². The summed E-state index contributed by atoms with van der Waals surface area (Å²) in [4.78, 5) is 4.31. The van der Waals surface area contributed by atoms with Gasteiger partial charge < -0.3 is 4.42 Å². The van der Waals surface area contributed by atoms with Crippen LogP contribution in [0.2, 0.25) is 5.02 Å². The van der Waals surface area contributed by atoms with Crippen LogP contribution < -0.4 is 0 Å². The number of benzene rings is 1. The number of hydrogen-bond acceptors (Lipinski definition) is 3. The van der Waals surface area contributed by atoms with E-state index in [0.29, 0.717) is 0 Å². The maximum atomic E-state index is 5.82. The Labute approximate surface area is 104 Å². The maximum Gasteiger partial charge on any atom is 0.256 e. The Hall–Kier alpha value is -0.930. The van der Waals surface area contributed by atoms with Gasteiger partial charge in [-0.3, -0.25) is 0 Å². The van der Waals surface area contributed by atoms with Gasteiger partial charge in [0.2, 0.25) is 0 Å². The number of hydrogen-bond donors (Lipinski definition) is 0. The van der Waals surface area contributed by atoms with E-state index in [0.717, 1.165) is 27.5 Å². The largest absolute Gasteiger partial charge is 0.437 e. The van der Waals surface area contributed by atoms with Crippen molar-refractivity contribution < 1.29 is 4.42 Å². The van der Waals surface area contributed by atoms with Gasteiger partial charge in [0, 0.05) is 10.8 Å². The van der Waals surface area contributed by atoms with E-state index < -0.39 is 0 Å². The molecule has 0 aliphatic rings. The molecule has 0 fully saturated rings. The van der Waals surface area contributed by atoms with E-state index >= 15 is 0 Å². The molecule has 0 aliphatic heterocycles. The summed E-state index contributed by atoms with van der Waals surface area (Å²) in [7, 11) is 0. The molecule has 0 bridgehead atoms. The second-order valence-corrected chi connectivity index (χ2v) is 4.90. The van der Waals surface area contributed by atoms with E-state index in [2.05, 4.69) is 4.98 Å². The molecule has 0 spiro atoms. The fourth-order valence-electron chi connectivity index (χ4n) is 1.23. The zero-order chi connectivity index (χ0) is 11.5. The molecule has 84 valence electrons. The molecule has 1 aromatic carbocycles. The number of oxazole rings is 1. The highest BCUT2D eigenvalue weighted by atomic mass is 35.5. The summed E-state index contributed by atoms with van der Waals surface area (Å²) < 4.78 is 5.49. The average molecular weight is 254 g/mol. The van der Waals surface area contributed by atoms with Crippen molar-refractivity contribution >= 4 is 23.4 Å². The fraction of sp³-hybridized carbons (Fsp3) is 0.250. The molecule has 1 aromatic heterocycles. The number of aromatic nitrogens is 1. The fourth-order valence-corrected chi connectivity index (χ4v) is 2.22. The minimum atomic E-state index is 0.727. The topological polar surface area (TPSA) is 26.0 Å². The SMILES string of the molecule is Cc1nc(SCc2ccc(Cl)cc2)oc1C. The van der Waals surface area contributed by atoms with Crippen LogP contribution in [0.4, 0.5) is 0 Å². The standard InChI is InChI=1S/C12H12ClNOS/c1-8-9(2)15-12(14-8)16-7-10-3-5-11(13)6-4-10/h3-6H,7H2,1-2H3. The molecular formula is C12H12ClNOS. The molecule has 1 heterocycles. The Morgan fingerprint density at radius 2 is 1.94 bits per heavy atom. The second kappa shape index (κ2) is 4.93. The van der Waals surface area contributed by atoms with Gasteiger partial charge in [0.1, 0.15) is 5.76 Å². The second-order valence-electron chi connectivity index (χ2n) is 3.54. The normalized spacial score (nSPS) is 10.7. The lowest BCUT2D eigenvalue weighted by Gasteiger charge is -1.98. The molecule has 0 radical (unpaired) electrons. The lowest BCUT2D eigenvalue weighted by Crippen LogP contribution is -1.80. The molecule has 0 saturated carbocycles. The lowest BCUT2D eigenvalue weighted by atomic mass is 10.2. The molecule has 2 nitrogen and oxygen atoms in total. The Bertz CT molecular complexity index is 459. The van der Waals surface area contributed by atoms with Crippen LogP contribution in [0, 0.1) is 13.8 Å². The predicted molar refractivity (Wildman–Crippen MR) is 67.0 cm³/mol. The van der Waals surface area contributed by atoms with E-state index in [1.165, 1.54) is 5.56 Å². The van der Waals surface area contributed by atoms with Crippen LogP contribution in [-0.2, 0) is 5.75 Å². The average Bonchev–Trinajstić information content (AvgIpc) is 2.58. The van der Waals surface area contributed by atoms with Gasteiger partial charge in [0.15, 0.2) is 0 Å². The number of halogens is 1. The van der Waals surface area contributed by atoms with Gasteiger partial charge >= 0.3 is 0 Å². The van der Waals surface area contributed by atoms with Gasteiger partial charge in [-0.25, -0.2) is 4.98 Å². The van der Waals surface area contributed by atoms with Crippen molar-refractivity contribution in [3.8, 4) is 0 Å². The molecule has 2 aromatic rings. The number of rotatable bonds is 3. The molecule has 2 rings (SSSR count). The minimum Gasteiger partial charge on any atom is -0.437 e. The van der Waals surface area contributed by atoms with Crippen LogP contribution in [0.1, 0.15) is 17.0 Å². The lowest BCUT2D eigenvalue weighted by molar-refractivity contribution is 0.431. The van der Waals surface area contributed by atoms with Gasteiger partial charge in [-0.15, -0.1) is 0 Å². The van der Waals surface area contributed by atoms with E-state index in [4.69, 9.17) is 16.0 Å². The quantitative estimate of drug-likeness (QED) is 0.766. The van der Waals surface area contributed by atoms with Crippen LogP contribution in [0.15, 0.2) is 33.9 Å². The highest BCUT2D eigenvalue weighted by molar-refractivity contribution is 7.98. The number of aryl methyl sites for hydroxylation is 2. The molecule has 0 N–H and O–H groups in total. The molecule has 0 amide bonds. The van der Waals surface area contributed by atoms with Crippen molar-refractivity contribution in [2.24, 2.45) is 0 Å². The third kappa shape index (κ3) is 2.80. The molecule has 16 heavy (non-hydrogen) atoms.